The molecule has 1 saturated heterocycles. The normalized spacial score (nSPS) is 18.2. The predicted octanol–water partition coefficient (Wildman–Crippen LogP) is 2.52. The van der Waals surface area contributed by atoms with Crippen molar-refractivity contribution in [3.05, 3.63) is 65.7 Å². The van der Waals surface area contributed by atoms with E-state index >= 15 is 0 Å². The van der Waals surface area contributed by atoms with Crippen molar-refractivity contribution in [3.8, 4) is 5.75 Å². The van der Waals surface area contributed by atoms with Gasteiger partial charge in [-0.2, -0.15) is 0 Å². The summed E-state index contributed by atoms with van der Waals surface area (Å²) in [6, 6.07) is 17.0. The Kier molecular flexibility index (Phi) is 7.24. The van der Waals surface area contributed by atoms with Gasteiger partial charge in [0.25, 0.3) is 0 Å². The molecule has 0 radical (unpaired) electrons. The van der Waals surface area contributed by atoms with Gasteiger partial charge in [-0.15, -0.1) is 0 Å². The third kappa shape index (κ3) is 5.30. The number of nitrogens with zero attached hydrogens (tertiary/aromatic N) is 1. The molecule has 0 saturated carbocycles. The maximum absolute atomic E-state index is 11.1. The standard InChI is InChI=1S/C22H30N2O3/c1-27-19-11-9-18(10-12-19)22(26)20(15-24-13-5-6-14-24)23-21(16-25)17-7-3-2-4-8-17/h2-4,7-12,20-23,25-26H,5-6,13-16H2,1H3/t20-,21-,22-/m1/s1. The molecule has 1 fully saturated rings. The number of aliphatic hydroxyl groups is 2. The van der Waals surface area contributed by atoms with Crippen molar-refractivity contribution < 1.29 is 14.9 Å². The third-order valence-electron chi connectivity index (χ3n) is 5.29. The Morgan fingerprint density at radius 1 is 1.00 bits per heavy atom. The summed E-state index contributed by atoms with van der Waals surface area (Å²) in [4.78, 5) is 2.38. The summed E-state index contributed by atoms with van der Waals surface area (Å²) < 4.78 is 5.22. The van der Waals surface area contributed by atoms with Crippen LogP contribution in [-0.4, -0.2) is 54.5 Å². The van der Waals surface area contributed by atoms with Gasteiger partial charge < -0.3 is 25.2 Å². The van der Waals surface area contributed by atoms with Gasteiger partial charge in [0.1, 0.15) is 5.75 Å². The molecule has 27 heavy (non-hydrogen) atoms. The van der Waals surface area contributed by atoms with Crippen LogP contribution in [0.2, 0.25) is 0 Å². The molecule has 1 aliphatic rings. The number of rotatable bonds is 9. The Labute approximate surface area is 161 Å². The molecule has 3 N–H and O–H groups in total. The van der Waals surface area contributed by atoms with E-state index in [9.17, 15) is 10.2 Å². The highest BCUT2D eigenvalue weighted by molar-refractivity contribution is 5.29. The van der Waals surface area contributed by atoms with E-state index in [1.807, 2.05) is 54.6 Å². The molecular formula is C22H30N2O3. The highest BCUT2D eigenvalue weighted by Gasteiger charge is 2.27. The molecule has 0 spiro atoms. The van der Waals surface area contributed by atoms with Gasteiger partial charge in [0.15, 0.2) is 0 Å². The van der Waals surface area contributed by atoms with Crippen LogP contribution in [0.3, 0.4) is 0 Å². The zero-order valence-electron chi connectivity index (χ0n) is 15.9. The largest absolute Gasteiger partial charge is 0.497 e. The van der Waals surface area contributed by atoms with Gasteiger partial charge in [-0.3, -0.25) is 0 Å². The number of methoxy groups -OCH3 is 1. The van der Waals surface area contributed by atoms with Crippen LogP contribution in [0.5, 0.6) is 5.75 Å². The average molecular weight is 370 g/mol. The topological polar surface area (TPSA) is 65.0 Å². The fourth-order valence-electron chi connectivity index (χ4n) is 3.72. The van der Waals surface area contributed by atoms with Crippen molar-refractivity contribution in [1.82, 2.24) is 10.2 Å². The van der Waals surface area contributed by atoms with Gasteiger partial charge >= 0.3 is 0 Å². The SMILES string of the molecule is COc1ccc([C@@H](O)[C@@H](CN2CCCC2)N[C@H](CO)c2ccccc2)cc1. The van der Waals surface area contributed by atoms with Crippen molar-refractivity contribution in [3.63, 3.8) is 0 Å². The number of likely N-dealkylation sites (tertiary alicyclic amines) is 1. The molecule has 2 aromatic carbocycles. The van der Waals surface area contributed by atoms with Crippen molar-refractivity contribution in [2.45, 2.75) is 31.0 Å². The first-order valence-corrected chi connectivity index (χ1v) is 9.67. The summed E-state index contributed by atoms with van der Waals surface area (Å²) in [6.07, 6.45) is 1.73. The minimum absolute atomic E-state index is 0.0180. The van der Waals surface area contributed by atoms with E-state index in [0.29, 0.717) is 0 Å². The van der Waals surface area contributed by atoms with Gasteiger partial charge in [0, 0.05) is 6.54 Å². The number of hydrogen-bond donors (Lipinski definition) is 3. The minimum Gasteiger partial charge on any atom is -0.497 e. The second-order valence-electron chi connectivity index (χ2n) is 7.14. The highest BCUT2D eigenvalue weighted by Crippen LogP contribution is 2.24. The molecule has 0 amide bonds. The molecule has 0 aromatic heterocycles. The Hall–Kier alpha value is -1.92. The van der Waals surface area contributed by atoms with Crippen molar-refractivity contribution >= 4 is 0 Å². The van der Waals surface area contributed by atoms with Crippen LogP contribution in [0, 0.1) is 0 Å². The molecule has 5 heteroatoms. The summed E-state index contributed by atoms with van der Waals surface area (Å²) in [5.74, 6) is 0.771. The molecule has 2 aromatic rings. The summed E-state index contributed by atoms with van der Waals surface area (Å²) in [5, 5.41) is 24.5. The fraction of sp³-hybridized carbons (Fsp3) is 0.455. The van der Waals surface area contributed by atoms with Crippen molar-refractivity contribution in [2.24, 2.45) is 0 Å². The maximum Gasteiger partial charge on any atom is 0.118 e. The number of nitrogens with one attached hydrogen (secondary N) is 1. The average Bonchev–Trinajstić information content (AvgIpc) is 3.24. The summed E-state index contributed by atoms with van der Waals surface area (Å²) >= 11 is 0. The van der Waals surface area contributed by atoms with Gasteiger partial charge in [0.2, 0.25) is 0 Å². The van der Waals surface area contributed by atoms with Crippen LogP contribution < -0.4 is 10.1 Å². The van der Waals surface area contributed by atoms with Crippen LogP contribution in [0.25, 0.3) is 0 Å². The lowest BCUT2D eigenvalue weighted by molar-refractivity contribution is 0.0915. The molecule has 146 valence electrons. The molecule has 5 nitrogen and oxygen atoms in total. The second-order valence-corrected chi connectivity index (χ2v) is 7.14. The molecular weight excluding hydrogens is 340 g/mol. The summed E-state index contributed by atoms with van der Waals surface area (Å²) in [7, 11) is 1.63. The van der Waals surface area contributed by atoms with E-state index in [1.54, 1.807) is 7.11 Å². The monoisotopic (exact) mass is 370 g/mol. The minimum atomic E-state index is -0.672. The van der Waals surface area contributed by atoms with Crippen LogP contribution in [-0.2, 0) is 0 Å². The molecule has 3 atom stereocenters. The number of hydrogen-bond acceptors (Lipinski definition) is 5. The smallest absolute Gasteiger partial charge is 0.118 e. The molecule has 1 heterocycles. The Balaban J connectivity index is 1.78. The lowest BCUT2D eigenvalue weighted by Crippen LogP contribution is -2.46. The second kappa shape index (κ2) is 9.85. The van der Waals surface area contributed by atoms with Gasteiger partial charge in [-0.25, -0.2) is 0 Å². The first-order valence-electron chi connectivity index (χ1n) is 9.67. The quantitative estimate of drug-likeness (QED) is 0.633. The molecule has 0 aliphatic carbocycles. The van der Waals surface area contributed by atoms with E-state index in [2.05, 4.69) is 10.2 Å². The van der Waals surface area contributed by atoms with Gasteiger partial charge in [-0.05, 0) is 49.2 Å². The predicted molar refractivity (Wildman–Crippen MR) is 107 cm³/mol. The Morgan fingerprint density at radius 2 is 1.67 bits per heavy atom. The zero-order valence-corrected chi connectivity index (χ0v) is 15.9. The van der Waals surface area contributed by atoms with E-state index < -0.39 is 6.10 Å². The molecule has 1 aliphatic heterocycles. The summed E-state index contributed by atoms with van der Waals surface area (Å²) in [6.45, 7) is 2.84. The van der Waals surface area contributed by atoms with Crippen LogP contribution in [0.1, 0.15) is 36.1 Å². The molecule has 3 rings (SSSR count). The Morgan fingerprint density at radius 3 is 2.26 bits per heavy atom. The van der Waals surface area contributed by atoms with Crippen LogP contribution >= 0.6 is 0 Å². The Bertz CT molecular complexity index is 672. The number of aliphatic hydroxyl groups excluding tert-OH is 2. The molecule has 0 bridgehead atoms. The van der Waals surface area contributed by atoms with E-state index in [1.165, 1.54) is 12.8 Å². The zero-order chi connectivity index (χ0) is 19.1. The van der Waals surface area contributed by atoms with Crippen molar-refractivity contribution in [2.75, 3.05) is 33.4 Å². The van der Waals surface area contributed by atoms with E-state index in [-0.39, 0.29) is 18.7 Å². The lowest BCUT2D eigenvalue weighted by Gasteiger charge is -2.32. The maximum atomic E-state index is 11.1. The number of benzene rings is 2. The third-order valence-corrected chi connectivity index (χ3v) is 5.29. The molecule has 0 unspecified atom stereocenters. The highest BCUT2D eigenvalue weighted by atomic mass is 16.5. The van der Waals surface area contributed by atoms with E-state index in [4.69, 9.17) is 4.74 Å². The van der Waals surface area contributed by atoms with E-state index in [0.717, 1.165) is 36.5 Å². The first-order chi connectivity index (χ1) is 13.2. The van der Waals surface area contributed by atoms with Gasteiger partial charge in [-0.1, -0.05) is 42.5 Å². The first kappa shape index (κ1) is 19.8. The van der Waals surface area contributed by atoms with Gasteiger partial charge in [0.05, 0.1) is 31.9 Å². The fourth-order valence-corrected chi connectivity index (χ4v) is 3.72. The van der Waals surface area contributed by atoms with Crippen LogP contribution in [0.4, 0.5) is 0 Å². The van der Waals surface area contributed by atoms with Crippen molar-refractivity contribution in [1.29, 1.82) is 0 Å². The lowest BCUT2D eigenvalue weighted by atomic mass is 9.99. The van der Waals surface area contributed by atoms with Crippen LogP contribution in [0.15, 0.2) is 54.6 Å². The summed E-state index contributed by atoms with van der Waals surface area (Å²) in [5.41, 5.74) is 1.87. The number of ether oxygens (including phenoxy) is 1.